The Kier molecular flexibility index (Phi) is 8.81. The van der Waals surface area contributed by atoms with Crippen molar-refractivity contribution in [1.82, 2.24) is 4.90 Å². The maximum absolute atomic E-state index is 12.5. The molecule has 0 atom stereocenters. The summed E-state index contributed by atoms with van der Waals surface area (Å²) in [7, 11) is 0. The van der Waals surface area contributed by atoms with Gasteiger partial charge in [0, 0.05) is 30.1 Å². The molecule has 0 bridgehead atoms. The molecule has 1 heterocycles. The van der Waals surface area contributed by atoms with Gasteiger partial charge >= 0.3 is 18.0 Å². The van der Waals surface area contributed by atoms with Crippen LogP contribution < -0.4 is 5.06 Å². The van der Waals surface area contributed by atoms with Gasteiger partial charge in [0.2, 0.25) is 0 Å². The smallest absolute Gasteiger partial charge is 0.445 e. The predicted molar refractivity (Wildman–Crippen MR) is 141 cm³/mol. The Bertz CT molecular complexity index is 1230. The van der Waals surface area contributed by atoms with Gasteiger partial charge in [-0.2, -0.15) is 0 Å². The van der Waals surface area contributed by atoms with E-state index in [9.17, 15) is 19.5 Å². The second-order valence-electron chi connectivity index (χ2n) is 8.57. The minimum atomic E-state index is -1.54. The van der Waals surface area contributed by atoms with E-state index in [0.29, 0.717) is 36.6 Å². The molecule has 9 heteroatoms. The van der Waals surface area contributed by atoms with Crippen molar-refractivity contribution in [3.63, 3.8) is 0 Å². The zero-order valence-electron chi connectivity index (χ0n) is 20.4. The number of benzene rings is 3. The number of hydroxylamine groups is 1. The topological polar surface area (TPSA) is 96.4 Å². The second-order valence-corrected chi connectivity index (χ2v) is 9.45. The van der Waals surface area contributed by atoms with Crippen molar-refractivity contribution in [2.45, 2.75) is 30.4 Å². The van der Waals surface area contributed by atoms with Crippen LogP contribution in [0.5, 0.6) is 0 Å². The Morgan fingerprint density at radius 2 is 1.57 bits per heavy atom. The van der Waals surface area contributed by atoms with Crippen LogP contribution in [0.1, 0.15) is 18.4 Å². The van der Waals surface area contributed by atoms with Crippen molar-refractivity contribution >= 4 is 35.5 Å². The summed E-state index contributed by atoms with van der Waals surface area (Å²) < 4.78 is 5.35. The molecule has 0 saturated carbocycles. The number of para-hydroxylation sites is 1. The minimum Gasteiger partial charge on any atom is -0.463 e. The van der Waals surface area contributed by atoms with Crippen molar-refractivity contribution in [2.75, 3.05) is 24.4 Å². The molecule has 0 unspecified atom stereocenters. The van der Waals surface area contributed by atoms with Crippen molar-refractivity contribution in [3.8, 4) is 11.1 Å². The molecule has 1 saturated heterocycles. The van der Waals surface area contributed by atoms with Crippen LogP contribution in [-0.4, -0.2) is 53.5 Å². The maximum Gasteiger partial charge on any atom is 0.445 e. The summed E-state index contributed by atoms with van der Waals surface area (Å²) in [4.78, 5) is 45.4. The third kappa shape index (κ3) is 6.90. The number of carboxylic acid groups (broad SMARTS) is 1. The maximum atomic E-state index is 12.5. The van der Waals surface area contributed by atoms with Crippen LogP contribution >= 0.6 is 11.8 Å². The van der Waals surface area contributed by atoms with Gasteiger partial charge in [0.15, 0.2) is 0 Å². The number of carbonyl (C=O) groups excluding carboxylic acids is 2. The number of nitrogens with zero attached hydrogens (tertiary/aromatic N) is 2. The van der Waals surface area contributed by atoms with Crippen LogP contribution in [0.2, 0.25) is 0 Å². The number of carbonyl (C=O) groups is 3. The predicted octanol–water partition coefficient (Wildman–Crippen LogP) is 5.23. The average molecular weight is 521 g/mol. The molecule has 0 aromatic heterocycles. The van der Waals surface area contributed by atoms with Gasteiger partial charge in [-0.3, -0.25) is 4.90 Å². The number of piperidine rings is 1. The van der Waals surface area contributed by atoms with Gasteiger partial charge < -0.3 is 14.7 Å². The summed E-state index contributed by atoms with van der Waals surface area (Å²) in [5, 5.41) is 10.1. The first-order valence-electron chi connectivity index (χ1n) is 11.9. The van der Waals surface area contributed by atoms with Crippen molar-refractivity contribution < 1.29 is 29.1 Å². The number of anilines is 1. The number of thioether (sulfide) groups is 1. The molecule has 1 amide bonds. The van der Waals surface area contributed by atoms with Crippen LogP contribution in [0.3, 0.4) is 0 Å². The first kappa shape index (κ1) is 26.2. The van der Waals surface area contributed by atoms with Crippen molar-refractivity contribution in [3.05, 3.63) is 84.4 Å². The van der Waals surface area contributed by atoms with Gasteiger partial charge in [-0.15, -0.1) is 16.8 Å². The van der Waals surface area contributed by atoms with Gasteiger partial charge in [-0.25, -0.2) is 14.4 Å². The fraction of sp³-hybridized carbons (Fsp3) is 0.250. The zero-order chi connectivity index (χ0) is 26.2. The standard InChI is InChI=1S/C28H28N2O6S/c1-37-23-13-11-20(12-14-23)19-29-17-15-22(16-18-29)35-26(31)27(32)36-30(28(33)34)25-10-6-5-9-24(25)21-7-3-2-4-8-21/h2-14,22H,15-19H2,1H3,(H,33,34). The molecule has 4 rings (SSSR count). The summed E-state index contributed by atoms with van der Waals surface area (Å²) in [5.41, 5.74) is 2.58. The Morgan fingerprint density at radius 3 is 2.22 bits per heavy atom. The molecule has 0 spiro atoms. The molecule has 0 aliphatic carbocycles. The number of likely N-dealkylation sites (tertiary alicyclic amines) is 1. The first-order valence-corrected chi connectivity index (χ1v) is 13.1. The Balaban J connectivity index is 1.33. The van der Waals surface area contributed by atoms with Crippen LogP contribution in [0.4, 0.5) is 10.5 Å². The lowest BCUT2D eigenvalue weighted by Gasteiger charge is -2.31. The molecule has 37 heavy (non-hydrogen) atoms. The SMILES string of the molecule is CSc1ccc(CN2CCC(OC(=O)C(=O)ON(C(=O)O)c3ccccc3-c3ccccc3)CC2)cc1. The fourth-order valence-electron chi connectivity index (χ4n) is 4.20. The van der Waals surface area contributed by atoms with Crippen molar-refractivity contribution in [1.29, 1.82) is 0 Å². The van der Waals surface area contributed by atoms with E-state index in [0.717, 1.165) is 12.1 Å². The number of rotatable bonds is 6. The number of hydrogen-bond acceptors (Lipinski definition) is 7. The van der Waals surface area contributed by atoms with Gasteiger partial charge in [-0.05, 0) is 48.4 Å². The van der Waals surface area contributed by atoms with E-state index in [-0.39, 0.29) is 5.69 Å². The lowest BCUT2D eigenvalue weighted by atomic mass is 10.0. The monoisotopic (exact) mass is 520 g/mol. The van der Waals surface area contributed by atoms with E-state index in [4.69, 9.17) is 9.57 Å². The largest absolute Gasteiger partial charge is 0.463 e. The van der Waals surface area contributed by atoms with Crippen LogP contribution in [0.25, 0.3) is 11.1 Å². The van der Waals surface area contributed by atoms with E-state index in [2.05, 4.69) is 29.2 Å². The van der Waals surface area contributed by atoms with Crippen LogP contribution in [0.15, 0.2) is 83.8 Å². The highest BCUT2D eigenvalue weighted by Crippen LogP contribution is 2.31. The molecule has 192 valence electrons. The fourth-order valence-corrected chi connectivity index (χ4v) is 4.61. The lowest BCUT2D eigenvalue weighted by molar-refractivity contribution is -0.172. The summed E-state index contributed by atoms with van der Waals surface area (Å²) in [5.74, 6) is -2.60. The molecular weight excluding hydrogens is 492 g/mol. The Morgan fingerprint density at radius 1 is 0.919 bits per heavy atom. The number of esters is 1. The Labute approximate surface area is 219 Å². The van der Waals surface area contributed by atoms with E-state index in [1.54, 1.807) is 42.1 Å². The summed E-state index contributed by atoms with van der Waals surface area (Å²) >= 11 is 1.70. The van der Waals surface area contributed by atoms with E-state index in [1.165, 1.54) is 16.5 Å². The zero-order valence-corrected chi connectivity index (χ0v) is 21.2. The summed E-state index contributed by atoms with van der Waals surface area (Å²) in [6, 6.07) is 24.1. The van der Waals surface area contributed by atoms with Crippen LogP contribution in [-0.2, 0) is 25.7 Å². The highest BCUT2D eigenvalue weighted by atomic mass is 32.2. The molecule has 1 fully saturated rings. The van der Waals surface area contributed by atoms with Gasteiger partial charge in [0.05, 0.1) is 5.69 Å². The lowest BCUT2D eigenvalue weighted by Crippen LogP contribution is -2.40. The molecular formula is C28H28N2O6S. The molecule has 1 N–H and O–H groups in total. The normalized spacial score (nSPS) is 14.1. The van der Waals surface area contributed by atoms with Gasteiger partial charge in [-0.1, -0.05) is 60.7 Å². The highest BCUT2D eigenvalue weighted by Gasteiger charge is 2.31. The quantitative estimate of drug-likeness (QED) is 0.204. The van der Waals surface area contributed by atoms with Gasteiger partial charge in [0.1, 0.15) is 6.10 Å². The van der Waals surface area contributed by atoms with E-state index >= 15 is 0 Å². The highest BCUT2D eigenvalue weighted by molar-refractivity contribution is 7.98. The third-order valence-electron chi connectivity index (χ3n) is 6.10. The Hall–Kier alpha value is -3.82. The average Bonchev–Trinajstić information content (AvgIpc) is 2.93. The molecule has 1 aliphatic rings. The van der Waals surface area contributed by atoms with Crippen LogP contribution in [0, 0.1) is 0 Å². The van der Waals surface area contributed by atoms with E-state index in [1.807, 2.05) is 24.5 Å². The van der Waals surface area contributed by atoms with E-state index < -0.39 is 24.1 Å². The van der Waals surface area contributed by atoms with Crippen molar-refractivity contribution in [2.24, 2.45) is 0 Å². The molecule has 3 aromatic rings. The van der Waals surface area contributed by atoms with Gasteiger partial charge in [0.25, 0.3) is 0 Å². The number of amides is 1. The number of ether oxygens (including phenoxy) is 1. The molecule has 1 aliphatic heterocycles. The molecule has 0 radical (unpaired) electrons. The first-order chi connectivity index (χ1) is 17.9. The third-order valence-corrected chi connectivity index (χ3v) is 6.84. The summed E-state index contributed by atoms with van der Waals surface area (Å²) in [6.45, 7) is 2.22. The second kappa shape index (κ2) is 12.4. The number of hydrogen-bond donors (Lipinski definition) is 1. The molecule has 8 nitrogen and oxygen atoms in total. The summed E-state index contributed by atoms with van der Waals surface area (Å²) in [6.07, 6.45) is 1.20. The minimum absolute atomic E-state index is 0.112. The molecule has 3 aromatic carbocycles.